The summed E-state index contributed by atoms with van der Waals surface area (Å²) in [6, 6.07) is 0. The van der Waals surface area contributed by atoms with Crippen molar-refractivity contribution in [3.8, 4) is 5.88 Å². The lowest BCUT2D eigenvalue weighted by atomic mass is 10.4. The number of rotatable bonds is 4. The van der Waals surface area contributed by atoms with E-state index in [-0.39, 0.29) is 6.10 Å². The third-order valence-corrected chi connectivity index (χ3v) is 1.58. The Kier molecular flexibility index (Phi) is 3.64. The van der Waals surface area contributed by atoms with Gasteiger partial charge < -0.3 is 15.4 Å². The fourth-order valence-corrected chi connectivity index (χ4v) is 1.18. The molecule has 0 aromatic carbocycles. The minimum atomic E-state index is 0.0705. The van der Waals surface area contributed by atoms with E-state index in [0.29, 0.717) is 11.7 Å². The van der Waals surface area contributed by atoms with E-state index in [1.807, 2.05) is 25.9 Å². The van der Waals surface area contributed by atoms with Crippen LogP contribution in [0.4, 0.5) is 5.82 Å². The molecule has 0 unspecified atom stereocenters. The molecule has 1 atom stereocenters. The van der Waals surface area contributed by atoms with Crippen LogP contribution in [-0.4, -0.2) is 41.6 Å². The summed E-state index contributed by atoms with van der Waals surface area (Å²) in [5.41, 5.74) is 5.47. The van der Waals surface area contributed by atoms with E-state index >= 15 is 0 Å². The van der Waals surface area contributed by atoms with Gasteiger partial charge in [-0.15, -0.1) is 0 Å². The number of hydrogen-bond acceptors (Lipinski definition) is 5. The van der Waals surface area contributed by atoms with E-state index in [1.54, 1.807) is 6.20 Å². The van der Waals surface area contributed by atoms with Crippen LogP contribution >= 0.6 is 0 Å². The number of likely N-dealkylation sites (N-methyl/N-ethyl adjacent to an activating group) is 1. The van der Waals surface area contributed by atoms with Crippen molar-refractivity contribution in [2.75, 3.05) is 26.4 Å². The first-order valence-corrected chi connectivity index (χ1v) is 4.47. The first-order chi connectivity index (χ1) is 6.58. The van der Waals surface area contributed by atoms with E-state index in [0.717, 1.165) is 6.54 Å². The van der Waals surface area contributed by atoms with E-state index < -0.39 is 0 Å². The van der Waals surface area contributed by atoms with E-state index in [2.05, 4.69) is 9.97 Å². The van der Waals surface area contributed by atoms with Gasteiger partial charge in [-0.25, -0.2) is 0 Å². The molecule has 0 bridgehead atoms. The zero-order valence-electron chi connectivity index (χ0n) is 8.77. The molecule has 5 heteroatoms. The summed E-state index contributed by atoms with van der Waals surface area (Å²) in [5.74, 6) is 0.846. The number of nitrogens with zero attached hydrogens (tertiary/aromatic N) is 3. The Morgan fingerprint density at radius 3 is 2.79 bits per heavy atom. The van der Waals surface area contributed by atoms with Crippen molar-refractivity contribution in [3.05, 3.63) is 12.4 Å². The number of nitrogen functional groups attached to an aromatic ring is 1. The molecule has 0 aliphatic heterocycles. The third kappa shape index (κ3) is 3.57. The third-order valence-electron chi connectivity index (χ3n) is 1.58. The highest BCUT2D eigenvalue weighted by atomic mass is 16.5. The van der Waals surface area contributed by atoms with Crippen LogP contribution in [0.1, 0.15) is 6.92 Å². The van der Waals surface area contributed by atoms with Crippen molar-refractivity contribution < 1.29 is 4.74 Å². The van der Waals surface area contributed by atoms with Crippen LogP contribution < -0.4 is 10.5 Å². The first kappa shape index (κ1) is 10.7. The maximum atomic E-state index is 5.51. The van der Waals surface area contributed by atoms with Gasteiger partial charge in [-0.3, -0.25) is 4.98 Å². The average molecular weight is 196 g/mol. The van der Waals surface area contributed by atoms with Gasteiger partial charge in [0, 0.05) is 6.54 Å². The summed E-state index contributed by atoms with van der Waals surface area (Å²) in [6.07, 6.45) is 3.12. The molecule has 0 spiro atoms. The second-order valence-corrected chi connectivity index (χ2v) is 3.47. The molecule has 5 nitrogen and oxygen atoms in total. The second kappa shape index (κ2) is 4.76. The second-order valence-electron chi connectivity index (χ2n) is 3.47. The topological polar surface area (TPSA) is 64.3 Å². The molecule has 1 rings (SSSR count). The predicted molar refractivity (Wildman–Crippen MR) is 55.1 cm³/mol. The molecule has 0 aliphatic rings. The Balaban J connectivity index is 2.51. The molecule has 78 valence electrons. The van der Waals surface area contributed by atoms with Gasteiger partial charge in [0.05, 0.1) is 12.4 Å². The Morgan fingerprint density at radius 2 is 2.21 bits per heavy atom. The molecule has 2 N–H and O–H groups in total. The molecule has 0 aliphatic carbocycles. The van der Waals surface area contributed by atoms with Gasteiger partial charge in [0.1, 0.15) is 11.9 Å². The number of anilines is 1. The lowest BCUT2D eigenvalue weighted by Gasteiger charge is -2.17. The Bertz CT molecular complexity index is 290. The van der Waals surface area contributed by atoms with Crippen molar-refractivity contribution in [3.63, 3.8) is 0 Å². The summed E-state index contributed by atoms with van der Waals surface area (Å²) < 4.78 is 5.51. The van der Waals surface area contributed by atoms with Gasteiger partial charge >= 0.3 is 0 Å². The van der Waals surface area contributed by atoms with E-state index in [9.17, 15) is 0 Å². The summed E-state index contributed by atoms with van der Waals surface area (Å²) in [4.78, 5) is 9.93. The van der Waals surface area contributed by atoms with Crippen LogP contribution in [0.3, 0.4) is 0 Å². The van der Waals surface area contributed by atoms with Gasteiger partial charge in [0.15, 0.2) is 0 Å². The van der Waals surface area contributed by atoms with Crippen LogP contribution in [0, 0.1) is 0 Å². The minimum Gasteiger partial charge on any atom is -0.472 e. The van der Waals surface area contributed by atoms with Crippen molar-refractivity contribution in [1.82, 2.24) is 14.9 Å². The highest BCUT2D eigenvalue weighted by Gasteiger charge is 2.06. The largest absolute Gasteiger partial charge is 0.472 e. The molecular weight excluding hydrogens is 180 g/mol. The lowest BCUT2D eigenvalue weighted by molar-refractivity contribution is 0.170. The van der Waals surface area contributed by atoms with Crippen LogP contribution in [0.15, 0.2) is 12.4 Å². The molecule has 0 saturated heterocycles. The monoisotopic (exact) mass is 196 g/mol. The predicted octanol–water partition coefficient (Wildman–Crippen LogP) is 0.388. The fraction of sp³-hybridized carbons (Fsp3) is 0.556. The first-order valence-electron chi connectivity index (χ1n) is 4.47. The van der Waals surface area contributed by atoms with Gasteiger partial charge in [-0.05, 0) is 21.0 Å². The highest BCUT2D eigenvalue weighted by Crippen LogP contribution is 2.08. The van der Waals surface area contributed by atoms with Crippen LogP contribution in [-0.2, 0) is 0 Å². The molecule has 0 fully saturated rings. The van der Waals surface area contributed by atoms with E-state index in [1.165, 1.54) is 6.20 Å². The van der Waals surface area contributed by atoms with E-state index in [4.69, 9.17) is 10.5 Å². The van der Waals surface area contributed by atoms with Gasteiger partial charge in [-0.2, -0.15) is 4.98 Å². The zero-order valence-corrected chi connectivity index (χ0v) is 8.77. The fourth-order valence-electron chi connectivity index (χ4n) is 1.18. The Morgan fingerprint density at radius 1 is 1.50 bits per heavy atom. The summed E-state index contributed by atoms with van der Waals surface area (Å²) in [7, 11) is 3.98. The van der Waals surface area contributed by atoms with Crippen molar-refractivity contribution in [2.45, 2.75) is 13.0 Å². The quantitative estimate of drug-likeness (QED) is 0.754. The van der Waals surface area contributed by atoms with Crippen LogP contribution in [0.25, 0.3) is 0 Å². The molecular formula is C9H16N4O. The zero-order chi connectivity index (χ0) is 10.6. The maximum absolute atomic E-state index is 5.51. The summed E-state index contributed by atoms with van der Waals surface area (Å²) in [5, 5.41) is 0. The Hall–Kier alpha value is -1.36. The van der Waals surface area contributed by atoms with Crippen LogP contribution in [0.2, 0.25) is 0 Å². The Labute approximate surface area is 83.9 Å². The minimum absolute atomic E-state index is 0.0705. The molecule has 0 saturated carbocycles. The van der Waals surface area contributed by atoms with Crippen molar-refractivity contribution >= 4 is 5.82 Å². The lowest BCUT2D eigenvalue weighted by Crippen LogP contribution is -2.28. The molecule has 1 heterocycles. The summed E-state index contributed by atoms with van der Waals surface area (Å²) >= 11 is 0. The smallest absolute Gasteiger partial charge is 0.234 e. The van der Waals surface area contributed by atoms with Gasteiger partial charge in [0.25, 0.3) is 0 Å². The number of ether oxygens (including phenoxy) is 1. The molecule has 1 aromatic rings. The standard InChI is InChI=1S/C9H16N4O/c1-7(6-13(2)3)14-9-5-11-4-8(10)12-9/h4-5,7H,6H2,1-3H3,(H2,10,12)/t7-/m1/s1. The molecule has 0 radical (unpaired) electrons. The molecule has 0 amide bonds. The van der Waals surface area contributed by atoms with Crippen LogP contribution in [0.5, 0.6) is 5.88 Å². The van der Waals surface area contributed by atoms with Crippen molar-refractivity contribution in [1.29, 1.82) is 0 Å². The SMILES string of the molecule is C[C@H](CN(C)C)Oc1cncc(N)n1. The van der Waals surface area contributed by atoms with Crippen molar-refractivity contribution in [2.24, 2.45) is 0 Å². The molecule has 1 aromatic heterocycles. The normalized spacial score (nSPS) is 12.9. The number of aromatic nitrogens is 2. The van der Waals surface area contributed by atoms with Gasteiger partial charge in [0.2, 0.25) is 5.88 Å². The van der Waals surface area contributed by atoms with Gasteiger partial charge in [-0.1, -0.05) is 0 Å². The maximum Gasteiger partial charge on any atom is 0.234 e. The number of hydrogen-bond donors (Lipinski definition) is 1. The molecule has 14 heavy (non-hydrogen) atoms. The highest BCUT2D eigenvalue weighted by molar-refractivity contribution is 5.26. The summed E-state index contributed by atoms with van der Waals surface area (Å²) in [6.45, 7) is 2.81. The average Bonchev–Trinajstić information content (AvgIpc) is 2.01. The number of nitrogens with two attached hydrogens (primary N) is 1.